The first kappa shape index (κ1) is 18.9. The molecule has 3 nitrogen and oxygen atoms in total. The van der Waals surface area contributed by atoms with E-state index in [4.69, 9.17) is 0 Å². The van der Waals surface area contributed by atoms with Gasteiger partial charge in [0, 0.05) is 19.2 Å². The van der Waals surface area contributed by atoms with Crippen LogP contribution in [0.15, 0.2) is 11.8 Å². The summed E-state index contributed by atoms with van der Waals surface area (Å²) in [6, 6.07) is 0. The predicted octanol–water partition coefficient (Wildman–Crippen LogP) is 3.63. The van der Waals surface area contributed by atoms with Crippen LogP contribution in [0.1, 0.15) is 19.8 Å². The molecule has 1 heterocycles. The van der Waals surface area contributed by atoms with Gasteiger partial charge >= 0.3 is 23.2 Å². The van der Waals surface area contributed by atoms with Crippen LogP contribution in [0.3, 0.4) is 0 Å². The summed E-state index contributed by atoms with van der Waals surface area (Å²) in [6.07, 6.45) is 0.920. The molecule has 0 N–H and O–H groups in total. The van der Waals surface area contributed by atoms with Crippen molar-refractivity contribution in [1.29, 1.82) is 0 Å². The number of esters is 1. The van der Waals surface area contributed by atoms with Crippen molar-refractivity contribution in [2.24, 2.45) is 0 Å². The number of hydrogen-bond acceptors (Lipinski definition) is 3. The first-order chi connectivity index (χ1) is 9.95. The van der Waals surface area contributed by atoms with Gasteiger partial charge in [-0.25, -0.2) is 4.79 Å². The highest BCUT2D eigenvalue weighted by Gasteiger charge is 2.73. The Labute approximate surface area is 127 Å². The monoisotopic (exact) mass is 353 g/mol. The zero-order chi connectivity index (χ0) is 17.2. The van der Waals surface area contributed by atoms with E-state index in [9.17, 15) is 31.1 Å². The molecule has 22 heavy (non-hydrogen) atoms. The molecule has 1 aliphatic rings. The fraction of sp³-hybridized carbons (Fsp3) is 0.750. The third-order valence-electron chi connectivity index (χ3n) is 3.06. The van der Waals surface area contributed by atoms with Gasteiger partial charge in [0.2, 0.25) is 0 Å². The molecule has 0 amide bonds. The average Bonchev–Trinajstić information content (AvgIpc) is 2.88. The summed E-state index contributed by atoms with van der Waals surface area (Å²) in [4.78, 5) is 12.1. The number of nitrogens with zero attached hydrogens (tertiary/aromatic N) is 1. The minimum atomic E-state index is -5.87. The normalized spacial score (nSPS) is 17.8. The first-order valence-electron chi connectivity index (χ1n) is 6.41. The predicted molar refractivity (Wildman–Crippen MR) is 66.2 cm³/mol. The summed E-state index contributed by atoms with van der Waals surface area (Å²) in [6.45, 7) is 1.06. The van der Waals surface area contributed by atoms with E-state index in [2.05, 4.69) is 16.3 Å². The molecule has 0 aromatic heterocycles. The number of rotatable bonds is 6. The molecule has 128 valence electrons. The summed E-state index contributed by atoms with van der Waals surface area (Å²) >= 11 is 4.13. The molecule has 0 spiro atoms. The molecular formula is C12H14ClF6NO2. The number of halogens is 7. The van der Waals surface area contributed by atoms with Crippen LogP contribution in [0.2, 0.25) is 0 Å². The quantitative estimate of drug-likeness (QED) is 0.316. The number of carbonyl (C=O) groups excluding carboxylic acids is 1. The van der Waals surface area contributed by atoms with Crippen molar-refractivity contribution < 1.29 is 35.9 Å². The van der Waals surface area contributed by atoms with Crippen molar-refractivity contribution in [1.82, 2.24) is 4.90 Å². The van der Waals surface area contributed by atoms with E-state index in [-0.39, 0.29) is 25.8 Å². The van der Waals surface area contributed by atoms with Gasteiger partial charge in [0.05, 0.1) is 12.3 Å². The molecule has 10 heteroatoms. The summed E-state index contributed by atoms with van der Waals surface area (Å²) in [5.41, 5.74) is -1.52. The number of hydrogen-bond donors (Lipinski definition) is 0. The molecule has 0 aliphatic carbocycles. The Kier molecular flexibility index (Phi) is 5.64. The standard InChI is InChI=1S/C12H14ClF6NO2/c1-2-22-9(21)7-8(20-5-3-4-6-20)10(14,15)11(16,17)12(13,18)19/h7H,2-6H2,1H3/b8-7-. The Balaban J connectivity index is 3.27. The maximum Gasteiger partial charge on any atom is 0.392 e. The van der Waals surface area contributed by atoms with Crippen LogP contribution in [-0.4, -0.2) is 47.8 Å². The Hall–Kier alpha value is -1.12. The zero-order valence-corrected chi connectivity index (χ0v) is 12.3. The van der Waals surface area contributed by atoms with Crippen LogP contribution in [-0.2, 0) is 9.53 Å². The Morgan fingerprint density at radius 2 is 1.68 bits per heavy atom. The fourth-order valence-electron chi connectivity index (χ4n) is 1.97. The summed E-state index contributed by atoms with van der Waals surface area (Å²) in [5.74, 6) is -12.5. The second kappa shape index (κ2) is 6.55. The highest BCUT2D eigenvalue weighted by atomic mass is 35.5. The second-order valence-corrected chi connectivity index (χ2v) is 5.10. The third-order valence-corrected chi connectivity index (χ3v) is 3.30. The first-order valence-corrected chi connectivity index (χ1v) is 6.79. The van der Waals surface area contributed by atoms with Crippen LogP contribution in [0, 0.1) is 0 Å². The van der Waals surface area contributed by atoms with Crippen LogP contribution in [0.5, 0.6) is 0 Å². The van der Waals surface area contributed by atoms with Crippen molar-refractivity contribution >= 4 is 17.6 Å². The van der Waals surface area contributed by atoms with Gasteiger partial charge in [-0.2, -0.15) is 26.3 Å². The molecule has 1 aliphatic heterocycles. The van der Waals surface area contributed by atoms with Crippen LogP contribution in [0.25, 0.3) is 0 Å². The van der Waals surface area contributed by atoms with Gasteiger partial charge < -0.3 is 9.64 Å². The largest absolute Gasteiger partial charge is 0.463 e. The van der Waals surface area contributed by atoms with Gasteiger partial charge in [0.15, 0.2) is 0 Å². The summed E-state index contributed by atoms with van der Waals surface area (Å²) in [7, 11) is 0. The number of ether oxygens (including phenoxy) is 1. The second-order valence-electron chi connectivity index (χ2n) is 4.62. The lowest BCUT2D eigenvalue weighted by Gasteiger charge is -2.34. The molecule has 1 saturated heterocycles. The van der Waals surface area contributed by atoms with Gasteiger partial charge in [-0.1, -0.05) is 0 Å². The molecule has 0 atom stereocenters. The summed E-state index contributed by atoms with van der Waals surface area (Å²) < 4.78 is 84.5. The van der Waals surface area contributed by atoms with E-state index in [0.717, 1.165) is 4.90 Å². The number of likely N-dealkylation sites (tertiary alicyclic amines) is 1. The highest BCUT2D eigenvalue weighted by Crippen LogP contribution is 2.51. The Morgan fingerprint density at radius 1 is 1.18 bits per heavy atom. The van der Waals surface area contributed by atoms with Crippen molar-refractivity contribution in [2.75, 3.05) is 19.7 Å². The SMILES string of the molecule is CCOC(=O)/C=C(\N1CCCC1)C(F)(F)C(F)(F)C(F)(F)Cl. The Bertz CT molecular complexity index is 443. The van der Waals surface area contributed by atoms with Gasteiger partial charge in [0.1, 0.15) is 0 Å². The van der Waals surface area contributed by atoms with E-state index in [1.807, 2.05) is 0 Å². The highest BCUT2D eigenvalue weighted by molar-refractivity contribution is 6.22. The molecule has 0 saturated carbocycles. The fourth-order valence-corrected chi connectivity index (χ4v) is 2.09. The van der Waals surface area contributed by atoms with Gasteiger partial charge in [-0.3, -0.25) is 0 Å². The molecule has 1 fully saturated rings. The van der Waals surface area contributed by atoms with Crippen molar-refractivity contribution in [3.05, 3.63) is 11.8 Å². The minimum absolute atomic E-state index is 0.0647. The average molecular weight is 354 g/mol. The lowest BCUT2D eigenvalue weighted by Crippen LogP contribution is -2.55. The van der Waals surface area contributed by atoms with Crippen molar-refractivity contribution in [3.8, 4) is 0 Å². The topological polar surface area (TPSA) is 29.5 Å². The lowest BCUT2D eigenvalue weighted by atomic mass is 10.1. The van der Waals surface area contributed by atoms with Gasteiger partial charge in [0.25, 0.3) is 0 Å². The van der Waals surface area contributed by atoms with Gasteiger partial charge in [-0.15, -0.1) is 0 Å². The van der Waals surface area contributed by atoms with Crippen LogP contribution in [0.4, 0.5) is 26.3 Å². The molecule has 0 aromatic rings. The van der Waals surface area contributed by atoms with Crippen molar-refractivity contribution in [3.63, 3.8) is 0 Å². The molecule has 1 rings (SSSR count). The van der Waals surface area contributed by atoms with E-state index in [0.29, 0.717) is 12.8 Å². The smallest absolute Gasteiger partial charge is 0.392 e. The van der Waals surface area contributed by atoms with Crippen molar-refractivity contribution in [2.45, 2.75) is 37.0 Å². The molecule has 0 aromatic carbocycles. The van der Waals surface area contributed by atoms with Gasteiger partial charge in [-0.05, 0) is 31.4 Å². The number of carbonyl (C=O) groups is 1. The maximum absolute atomic E-state index is 14.0. The Morgan fingerprint density at radius 3 is 2.09 bits per heavy atom. The zero-order valence-electron chi connectivity index (χ0n) is 11.5. The van der Waals surface area contributed by atoms with E-state index < -0.39 is 28.9 Å². The van der Waals surface area contributed by atoms with E-state index in [1.165, 1.54) is 6.92 Å². The third kappa shape index (κ3) is 3.61. The molecular weight excluding hydrogens is 340 g/mol. The van der Waals surface area contributed by atoms with Crippen LogP contribution < -0.4 is 0 Å². The summed E-state index contributed by atoms with van der Waals surface area (Å²) in [5, 5.41) is -5.48. The van der Waals surface area contributed by atoms with Crippen LogP contribution >= 0.6 is 11.6 Å². The number of allylic oxidation sites excluding steroid dienone is 1. The molecule has 0 bridgehead atoms. The molecule has 0 unspecified atom stereocenters. The van der Waals surface area contributed by atoms with E-state index in [1.54, 1.807) is 0 Å². The maximum atomic E-state index is 14.0. The molecule has 0 radical (unpaired) electrons. The minimum Gasteiger partial charge on any atom is -0.463 e. The number of alkyl halides is 7. The lowest BCUT2D eigenvalue weighted by molar-refractivity contribution is -0.269. The van der Waals surface area contributed by atoms with E-state index >= 15 is 0 Å².